The Bertz CT molecular complexity index is 2030. The van der Waals surface area contributed by atoms with E-state index in [1.165, 1.54) is 35.1 Å². The Kier molecular flexibility index (Phi) is 17.0. The van der Waals surface area contributed by atoms with E-state index in [1.54, 1.807) is 26.0 Å². The summed E-state index contributed by atoms with van der Waals surface area (Å²) < 4.78 is 153. The first-order valence-corrected chi connectivity index (χ1v) is 18.4. The van der Waals surface area contributed by atoms with Crippen LogP contribution in [0.4, 0.5) is 52.7 Å². The van der Waals surface area contributed by atoms with E-state index in [0.717, 1.165) is 6.16 Å². The second-order valence-electron chi connectivity index (χ2n) is 12.4. The molecule has 3 nitrogen and oxygen atoms in total. The molecule has 0 aliphatic carbocycles. The molecule has 0 amide bonds. The second kappa shape index (κ2) is 20.6. The first-order chi connectivity index (χ1) is 27.1. The van der Waals surface area contributed by atoms with E-state index in [2.05, 4.69) is 58.5 Å². The first kappa shape index (κ1) is 48.7. The third kappa shape index (κ3) is 14.6. The number of halogens is 12. The minimum atomic E-state index is -4.92. The number of pyridine rings is 2. The van der Waals surface area contributed by atoms with Gasteiger partial charge in [-0.05, 0) is 84.3 Å². The Morgan fingerprint density at radius 2 is 0.864 bits per heavy atom. The van der Waals surface area contributed by atoms with Crippen LogP contribution in [0.1, 0.15) is 33.4 Å². The summed E-state index contributed by atoms with van der Waals surface area (Å²) in [5.74, 6) is 0. The number of nitrogens with zero attached hydrogens (tertiary/aromatic N) is 2. The number of rotatable bonds is 6. The molecule has 0 aliphatic heterocycles. The van der Waals surface area contributed by atoms with E-state index in [9.17, 15) is 57.8 Å². The van der Waals surface area contributed by atoms with Gasteiger partial charge in [0.05, 0.1) is 0 Å². The third-order valence-electron chi connectivity index (χ3n) is 7.85. The molecular formula is C42H31F12IrN2OP-2. The van der Waals surface area contributed by atoms with Gasteiger partial charge < -0.3 is 15.1 Å². The van der Waals surface area contributed by atoms with Gasteiger partial charge in [-0.2, -0.15) is 52.7 Å². The Labute approximate surface area is 346 Å². The smallest absolute Gasteiger partial charge is 0.396 e. The molecule has 0 fully saturated rings. The monoisotopic (exact) mass is 1030 g/mol. The van der Waals surface area contributed by atoms with Gasteiger partial charge in [0.2, 0.25) is 0 Å². The van der Waals surface area contributed by atoms with Crippen molar-refractivity contribution in [3.8, 4) is 22.5 Å². The number of aromatic nitrogens is 2. The molecule has 2 aromatic heterocycles. The zero-order chi connectivity index (χ0) is 42.9. The van der Waals surface area contributed by atoms with Crippen LogP contribution < -0.4 is 10.6 Å². The molecule has 4 aromatic carbocycles. The minimum absolute atomic E-state index is 0. The molecule has 1 radical (unpaired) electrons. The standard InChI is InChI=1S/2C14H8F6N.C14H15OP.Ir/c2*1-8-2-3-21-12(4-8)9-5-10(13(15,16)17)7-11(6-9)14(18,19)20;15-11-12-16(13-7-3-1-4-8-13)14-9-5-2-6-10-14;/h2*2-5,7H,1H3;1-10,15H,11-12H2;/q2*-1;;. The van der Waals surface area contributed by atoms with Crippen LogP contribution in [0.5, 0.6) is 0 Å². The summed E-state index contributed by atoms with van der Waals surface area (Å²) >= 11 is 0. The summed E-state index contributed by atoms with van der Waals surface area (Å²) in [5.41, 5.74) is -5.07. The third-order valence-corrected chi connectivity index (χ3v) is 10.3. The molecule has 6 aromatic rings. The van der Waals surface area contributed by atoms with Gasteiger partial charge in [0.15, 0.2) is 0 Å². The van der Waals surface area contributed by atoms with Crippen molar-refractivity contribution < 1.29 is 77.9 Å². The van der Waals surface area contributed by atoms with E-state index >= 15 is 0 Å². The van der Waals surface area contributed by atoms with Crippen LogP contribution in [0, 0.1) is 26.0 Å². The summed E-state index contributed by atoms with van der Waals surface area (Å²) in [6, 6.07) is 32.1. The second-order valence-corrected chi connectivity index (χ2v) is 14.7. The van der Waals surface area contributed by atoms with Gasteiger partial charge in [-0.3, -0.25) is 0 Å². The molecule has 315 valence electrons. The number of benzene rings is 4. The number of alkyl halides is 12. The maximum Gasteiger partial charge on any atom is 0.399 e. The number of aryl methyl sites for hydroxylation is 2. The van der Waals surface area contributed by atoms with Gasteiger partial charge in [-0.1, -0.05) is 83.9 Å². The van der Waals surface area contributed by atoms with E-state index in [4.69, 9.17) is 0 Å². The van der Waals surface area contributed by atoms with E-state index in [0.29, 0.717) is 23.3 Å². The molecule has 0 aliphatic rings. The fourth-order valence-electron chi connectivity index (χ4n) is 5.14. The molecule has 2 heterocycles. The molecule has 0 saturated carbocycles. The molecule has 0 saturated heterocycles. The van der Waals surface area contributed by atoms with Crippen LogP contribution in [0.15, 0.2) is 122 Å². The van der Waals surface area contributed by atoms with Gasteiger partial charge in [0.25, 0.3) is 0 Å². The fourth-order valence-corrected chi connectivity index (χ4v) is 7.22. The number of hydrogen-bond donors (Lipinski definition) is 1. The van der Waals surface area contributed by atoms with Gasteiger partial charge in [0.1, 0.15) is 0 Å². The fraction of sp³-hybridized carbons (Fsp3) is 0.190. The Hall–Kier alpha value is -4.62. The van der Waals surface area contributed by atoms with E-state index in [1.807, 2.05) is 24.3 Å². The maximum atomic E-state index is 12.7. The number of hydrogen-bond acceptors (Lipinski definition) is 3. The minimum Gasteiger partial charge on any atom is -0.396 e. The zero-order valence-electron chi connectivity index (χ0n) is 30.6. The summed E-state index contributed by atoms with van der Waals surface area (Å²) in [6.45, 7) is 3.56. The average molecular weight is 1030 g/mol. The van der Waals surface area contributed by atoms with Gasteiger partial charge in [0, 0.05) is 39.1 Å². The summed E-state index contributed by atoms with van der Waals surface area (Å²) in [5, 5.41) is 11.8. The molecule has 6 rings (SSSR count). The summed E-state index contributed by atoms with van der Waals surface area (Å²) in [4.78, 5) is 7.58. The van der Waals surface area contributed by atoms with Crippen LogP contribution in [0.3, 0.4) is 0 Å². The Morgan fingerprint density at radius 3 is 1.15 bits per heavy atom. The molecule has 59 heavy (non-hydrogen) atoms. The average Bonchev–Trinajstić information content (AvgIpc) is 3.16. The molecule has 0 atom stereocenters. The Balaban J connectivity index is 0.000000237. The van der Waals surface area contributed by atoms with Gasteiger partial charge in [-0.25, -0.2) is 0 Å². The van der Waals surface area contributed by atoms with Crippen molar-refractivity contribution in [2.24, 2.45) is 0 Å². The number of aliphatic hydroxyl groups is 1. The van der Waals surface area contributed by atoms with Crippen molar-refractivity contribution in [2.75, 3.05) is 12.8 Å². The molecular weight excluding hydrogens is 1000 g/mol. The van der Waals surface area contributed by atoms with Crippen molar-refractivity contribution in [2.45, 2.75) is 38.6 Å². The van der Waals surface area contributed by atoms with Crippen molar-refractivity contribution in [3.05, 3.63) is 167 Å². The first-order valence-electron chi connectivity index (χ1n) is 16.8. The normalized spacial score (nSPS) is 11.8. The van der Waals surface area contributed by atoms with Crippen molar-refractivity contribution in [1.29, 1.82) is 0 Å². The summed E-state index contributed by atoms with van der Waals surface area (Å²) in [7, 11) is -0.401. The molecule has 17 heteroatoms. The van der Waals surface area contributed by atoms with Gasteiger partial charge in [-0.15, -0.1) is 47.5 Å². The van der Waals surface area contributed by atoms with E-state index in [-0.39, 0.29) is 61.4 Å². The largest absolute Gasteiger partial charge is 0.399 e. The molecule has 0 bridgehead atoms. The molecule has 1 N–H and O–H groups in total. The van der Waals surface area contributed by atoms with Crippen LogP contribution in [0.2, 0.25) is 0 Å². The Morgan fingerprint density at radius 1 is 0.508 bits per heavy atom. The predicted molar refractivity (Wildman–Crippen MR) is 198 cm³/mol. The van der Waals surface area contributed by atoms with Crippen LogP contribution >= 0.6 is 7.92 Å². The van der Waals surface area contributed by atoms with Crippen LogP contribution in [-0.4, -0.2) is 27.8 Å². The zero-order valence-corrected chi connectivity index (χ0v) is 33.9. The van der Waals surface area contributed by atoms with E-state index < -0.39 is 54.9 Å². The maximum absolute atomic E-state index is 12.7. The number of aliphatic hydroxyl groups excluding tert-OH is 1. The van der Waals surface area contributed by atoms with Crippen LogP contribution in [-0.2, 0) is 44.8 Å². The quantitative estimate of drug-likeness (QED) is 0.103. The van der Waals surface area contributed by atoms with Crippen molar-refractivity contribution >= 4 is 18.5 Å². The van der Waals surface area contributed by atoms with Gasteiger partial charge >= 0.3 is 24.7 Å². The molecule has 0 unspecified atom stereocenters. The van der Waals surface area contributed by atoms with Crippen molar-refractivity contribution in [3.63, 3.8) is 0 Å². The SMILES string of the molecule is Cc1ccnc(-c2[c-]c(C(F)(F)F)cc(C(F)(F)F)c2)c1.Cc1ccnc(-c2[c-]c(C(F)(F)F)cc(C(F)(F)F)c2)c1.OCCP(c1ccccc1)c1ccccc1.[Ir]. The summed E-state index contributed by atoms with van der Waals surface area (Å²) in [6.07, 6.45) is -16.1. The molecule has 0 spiro atoms. The van der Waals surface area contributed by atoms with Crippen LogP contribution in [0.25, 0.3) is 22.5 Å². The predicted octanol–water partition coefficient (Wildman–Crippen LogP) is 11.9. The van der Waals surface area contributed by atoms with Crippen molar-refractivity contribution in [1.82, 2.24) is 9.97 Å². The topological polar surface area (TPSA) is 46.0 Å².